The fraction of sp³-hybridized carbons (Fsp3) is 0.227. The fourth-order valence-corrected chi connectivity index (χ4v) is 4.11. The molecule has 1 aliphatic rings. The van der Waals surface area contributed by atoms with Crippen LogP contribution in [-0.2, 0) is 24.5 Å². The van der Waals surface area contributed by atoms with E-state index in [1.807, 2.05) is 48.5 Å². The number of para-hydroxylation sites is 2. The van der Waals surface area contributed by atoms with Crippen molar-refractivity contribution in [2.75, 3.05) is 18.6 Å². The molecule has 1 N–H and O–H groups in total. The molecule has 6 heteroatoms. The molecule has 0 radical (unpaired) electrons. The minimum Gasteiger partial charge on any atom is -0.460 e. The number of Topliss-reactive ketones (excluding diaryl/α,β-unsaturated/α-hetero) is 1. The van der Waals surface area contributed by atoms with Crippen LogP contribution in [0.5, 0.6) is 0 Å². The molecule has 2 heterocycles. The van der Waals surface area contributed by atoms with E-state index >= 15 is 0 Å². The number of nitrogens with zero attached hydrogens (tertiary/aromatic N) is 1. The maximum absolute atomic E-state index is 13.5. The number of amides is 1. The number of aromatic nitrogens is 1. The van der Waals surface area contributed by atoms with E-state index in [0.717, 1.165) is 16.6 Å². The molecule has 0 aliphatic carbocycles. The number of ketones is 1. The second kappa shape index (κ2) is 6.64. The van der Waals surface area contributed by atoms with Gasteiger partial charge in [-0.1, -0.05) is 36.4 Å². The Kier molecular flexibility index (Phi) is 4.26. The molecule has 0 fully saturated rings. The van der Waals surface area contributed by atoms with Gasteiger partial charge in [0.05, 0.1) is 6.61 Å². The highest BCUT2D eigenvalue weighted by Crippen LogP contribution is 2.49. The van der Waals surface area contributed by atoms with Crippen molar-refractivity contribution < 1.29 is 19.1 Å². The Morgan fingerprint density at radius 2 is 1.79 bits per heavy atom. The van der Waals surface area contributed by atoms with Crippen molar-refractivity contribution in [2.24, 2.45) is 0 Å². The number of benzene rings is 2. The Bertz CT molecular complexity index is 1100. The van der Waals surface area contributed by atoms with Gasteiger partial charge in [0.25, 0.3) is 0 Å². The fourth-order valence-electron chi connectivity index (χ4n) is 4.11. The monoisotopic (exact) mass is 376 g/mol. The molecular formula is C22H20N2O4. The Morgan fingerprint density at radius 1 is 1.07 bits per heavy atom. The van der Waals surface area contributed by atoms with Gasteiger partial charge >= 0.3 is 5.97 Å². The highest BCUT2D eigenvalue weighted by molar-refractivity contribution is 6.35. The Morgan fingerprint density at radius 3 is 2.57 bits per heavy atom. The molecule has 1 aromatic heterocycles. The first-order chi connectivity index (χ1) is 13.5. The van der Waals surface area contributed by atoms with E-state index < -0.39 is 17.2 Å². The molecule has 3 aromatic rings. The second-order valence-corrected chi connectivity index (χ2v) is 6.86. The molecule has 0 unspecified atom stereocenters. The van der Waals surface area contributed by atoms with Crippen molar-refractivity contribution in [1.29, 1.82) is 0 Å². The largest absolute Gasteiger partial charge is 0.460 e. The van der Waals surface area contributed by atoms with Crippen LogP contribution in [0.2, 0.25) is 0 Å². The molecule has 1 atom stereocenters. The quantitative estimate of drug-likeness (QED) is 0.548. The zero-order valence-electron chi connectivity index (χ0n) is 15.7. The predicted octanol–water partition coefficient (Wildman–Crippen LogP) is 2.95. The van der Waals surface area contributed by atoms with Gasteiger partial charge in [-0.25, -0.2) is 4.79 Å². The number of H-pyrrole nitrogens is 1. The van der Waals surface area contributed by atoms with Crippen LogP contribution in [0.15, 0.2) is 54.7 Å². The third-order valence-corrected chi connectivity index (χ3v) is 5.37. The first kappa shape index (κ1) is 18.0. The number of likely N-dealkylation sites (N-methyl/N-ethyl adjacent to an activating group) is 1. The van der Waals surface area contributed by atoms with E-state index in [4.69, 9.17) is 4.74 Å². The van der Waals surface area contributed by atoms with Crippen molar-refractivity contribution in [3.8, 4) is 0 Å². The molecule has 2 aromatic carbocycles. The summed E-state index contributed by atoms with van der Waals surface area (Å²) in [6, 6.07) is 15.0. The number of hydrogen-bond donors (Lipinski definition) is 1. The van der Waals surface area contributed by atoms with E-state index in [9.17, 15) is 14.4 Å². The lowest BCUT2D eigenvalue weighted by molar-refractivity contribution is -0.154. The number of esters is 1. The van der Waals surface area contributed by atoms with Gasteiger partial charge in [-0.2, -0.15) is 0 Å². The number of carbonyl (C=O) groups is 3. The molecule has 4 rings (SSSR count). The smallest absolute Gasteiger partial charge is 0.374 e. The average Bonchev–Trinajstić information content (AvgIpc) is 3.23. The van der Waals surface area contributed by atoms with E-state index in [2.05, 4.69) is 4.98 Å². The lowest BCUT2D eigenvalue weighted by Crippen LogP contribution is -2.42. The molecule has 0 bridgehead atoms. The molecule has 0 spiro atoms. The Hall–Kier alpha value is -3.41. The van der Waals surface area contributed by atoms with Crippen LogP contribution in [0, 0.1) is 0 Å². The SMILES string of the molecule is CCOC(=O)C(=O)C[C@@]1(c2c[nH]c3ccccc23)C(=O)N(C)c2ccccc21. The van der Waals surface area contributed by atoms with E-state index in [1.54, 1.807) is 25.1 Å². The summed E-state index contributed by atoms with van der Waals surface area (Å²) in [7, 11) is 1.69. The molecule has 142 valence electrons. The number of nitrogens with one attached hydrogen (secondary N) is 1. The maximum Gasteiger partial charge on any atom is 0.374 e. The number of hydrogen-bond acceptors (Lipinski definition) is 4. The lowest BCUT2D eigenvalue weighted by atomic mass is 9.71. The van der Waals surface area contributed by atoms with Crippen LogP contribution in [-0.4, -0.2) is 36.3 Å². The van der Waals surface area contributed by atoms with Crippen molar-refractivity contribution in [1.82, 2.24) is 4.98 Å². The molecule has 6 nitrogen and oxygen atoms in total. The minimum atomic E-state index is -1.28. The highest BCUT2D eigenvalue weighted by atomic mass is 16.5. The first-order valence-corrected chi connectivity index (χ1v) is 9.15. The number of rotatable bonds is 5. The van der Waals surface area contributed by atoms with E-state index in [0.29, 0.717) is 11.1 Å². The average molecular weight is 376 g/mol. The summed E-state index contributed by atoms with van der Waals surface area (Å²) in [4.78, 5) is 43.1. The highest BCUT2D eigenvalue weighted by Gasteiger charge is 2.53. The van der Waals surface area contributed by atoms with Crippen molar-refractivity contribution in [2.45, 2.75) is 18.8 Å². The van der Waals surface area contributed by atoms with Gasteiger partial charge in [0.15, 0.2) is 0 Å². The Labute approximate surface area is 162 Å². The van der Waals surface area contributed by atoms with Crippen LogP contribution >= 0.6 is 0 Å². The van der Waals surface area contributed by atoms with Gasteiger partial charge in [0.1, 0.15) is 5.41 Å². The molecule has 0 saturated heterocycles. The summed E-state index contributed by atoms with van der Waals surface area (Å²) in [5.74, 6) is -1.87. The summed E-state index contributed by atoms with van der Waals surface area (Å²) in [6.45, 7) is 1.75. The number of anilines is 1. The number of fused-ring (bicyclic) bond motifs is 2. The van der Waals surface area contributed by atoms with Crippen LogP contribution in [0.4, 0.5) is 5.69 Å². The molecule has 28 heavy (non-hydrogen) atoms. The first-order valence-electron chi connectivity index (χ1n) is 9.15. The second-order valence-electron chi connectivity index (χ2n) is 6.86. The van der Waals surface area contributed by atoms with Crippen molar-refractivity contribution in [3.05, 3.63) is 65.9 Å². The van der Waals surface area contributed by atoms with Gasteiger partial charge in [-0.3, -0.25) is 9.59 Å². The van der Waals surface area contributed by atoms with Gasteiger partial charge in [-0.05, 0) is 30.2 Å². The number of aromatic amines is 1. The zero-order valence-corrected chi connectivity index (χ0v) is 15.7. The third kappa shape index (κ3) is 2.45. The summed E-state index contributed by atoms with van der Waals surface area (Å²) in [5, 5.41) is 0.845. The van der Waals surface area contributed by atoms with E-state index in [-0.39, 0.29) is 18.9 Å². The lowest BCUT2D eigenvalue weighted by Gasteiger charge is -2.27. The van der Waals surface area contributed by atoms with E-state index in [1.165, 1.54) is 0 Å². The van der Waals surface area contributed by atoms with Crippen molar-refractivity contribution >= 4 is 34.3 Å². The predicted molar refractivity (Wildman–Crippen MR) is 105 cm³/mol. The summed E-state index contributed by atoms with van der Waals surface area (Å²) in [6.07, 6.45) is 1.48. The zero-order chi connectivity index (χ0) is 19.9. The minimum absolute atomic E-state index is 0.106. The third-order valence-electron chi connectivity index (χ3n) is 5.37. The summed E-state index contributed by atoms with van der Waals surface area (Å²) in [5.41, 5.74) is 1.71. The van der Waals surface area contributed by atoms with Crippen LogP contribution in [0.25, 0.3) is 10.9 Å². The van der Waals surface area contributed by atoms with Gasteiger partial charge < -0.3 is 14.6 Å². The molecule has 1 aliphatic heterocycles. The number of carbonyl (C=O) groups excluding carboxylic acids is 3. The molecular weight excluding hydrogens is 356 g/mol. The topological polar surface area (TPSA) is 79.5 Å². The van der Waals surface area contributed by atoms with Crippen molar-refractivity contribution in [3.63, 3.8) is 0 Å². The van der Waals surface area contributed by atoms with Gasteiger partial charge in [0, 0.05) is 36.3 Å². The summed E-state index contributed by atoms with van der Waals surface area (Å²) >= 11 is 0. The normalized spacial score (nSPS) is 18.4. The Balaban J connectivity index is 1.96. The number of ether oxygens (including phenoxy) is 1. The van der Waals surface area contributed by atoms with Crippen LogP contribution in [0.1, 0.15) is 24.5 Å². The van der Waals surface area contributed by atoms with Gasteiger partial charge in [-0.15, -0.1) is 0 Å². The van der Waals surface area contributed by atoms with Gasteiger partial charge in [0.2, 0.25) is 11.7 Å². The standard InChI is InChI=1S/C22H20N2O4/c1-3-28-20(26)19(25)12-22(16-13-23-17-10-6-4-8-14(16)17)15-9-5-7-11-18(15)24(2)21(22)27/h4-11,13,23H,3,12H2,1-2H3/t22-/m1/s1. The maximum atomic E-state index is 13.5. The summed E-state index contributed by atoms with van der Waals surface area (Å²) < 4.78 is 4.89. The molecule has 1 amide bonds. The molecule has 0 saturated carbocycles. The van der Waals surface area contributed by atoms with Crippen LogP contribution in [0.3, 0.4) is 0 Å². The van der Waals surface area contributed by atoms with Crippen LogP contribution < -0.4 is 4.90 Å².